The lowest BCUT2D eigenvalue weighted by Gasteiger charge is -2.34. The van der Waals surface area contributed by atoms with Gasteiger partial charge >= 0.3 is 11.9 Å². The van der Waals surface area contributed by atoms with Crippen LogP contribution >= 0.6 is 0 Å². The Hall–Kier alpha value is -2.52. The second-order valence-corrected chi connectivity index (χ2v) is 4.53. The number of carboxylic acids is 2. The SMILES string of the molecule is O=C(O)C1CCN(C(=O)Cn2cnnn2)CC1C(=O)O. The molecule has 0 saturated carbocycles. The van der Waals surface area contributed by atoms with E-state index in [4.69, 9.17) is 10.2 Å². The molecule has 10 nitrogen and oxygen atoms in total. The number of aromatic nitrogens is 4. The normalized spacial score (nSPS) is 22.5. The zero-order valence-electron chi connectivity index (χ0n) is 10.4. The molecular weight excluding hydrogens is 270 g/mol. The highest BCUT2D eigenvalue weighted by Gasteiger charge is 2.40. The maximum absolute atomic E-state index is 12.0. The van der Waals surface area contributed by atoms with Crippen LogP contribution in [-0.4, -0.2) is 66.3 Å². The standard InChI is InChI=1S/C10H13N5O5/c16-8(4-15-5-11-12-13-15)14-2-1-6(9(17)18)7(3-14)10(19)20/h5-7H,1-4H2,(H,17,18)(H,19,20). The first-order chi connectivity index (χ1) is 9.49. The van der Waals surface area contributed by atoms with Crippen molar-refractivity contribution in [1.29, 1.82) is 0 Å². The summed E-state index contributed by atoms with van der Waals surface area (Å²) in [5, 5.41) is 28.4. The predicted octanol–water partition coefficient (Wildman–Crippen LogP) is -1.69. The highest BCUT2D eigenvalue weighted by atomic mass is 16.4. The van der Waals surface area contributed by atoms with E-state index in [-0.39, 0.29) is 32.0 Å². The van der Waals surface area contributed by atoms with Gasteiger partial charge in [0.25, 0.3) is 0 Å². The van der Waals surface area contributed by atoms with Gasteiger partial charge in [-0.05, 0) is 16.8 Å². The molecule has 0 spiro atoms. The van der Waals surface area contributed by atoms with Crippen LogP contribution in [0.3, 0.4) is 0 Å². The molecule has 108 valence electrons. The van der Waals surface area contributed by atoms with Gasteiger partial charge in [-0.25, -0.2) is 4.68 Å². The largest absolute Gasteiger partial charge is 0.481 e. The molecule has 1 saturated heterocycles. The Bertz CT molecular complexity index is 516. The number of rotatable bonds is 4. The van der Waals surface area contributed by atoms with Gasteiger partial charge in [-0.2, -0.15) is 0 Å². The molecule has 1 amide bonds. The Balaban J connectivity index is 2.02. The topological polar surface area (TPSA) is 139 Å². The number of hydrogen-bond donors (Lipinski definition) is 2. The average Bonchev–Trinajstić information content (AvgIpc) is 2.90. The average molecular weight is 283 g/mol. The number of aliphatic carboxylic acids is 2. The molecule has 1 fully saturated rings. The van der Waals surface area contributed by atoms with E-state index in [2.05, 4.69) is 15.5 Å². The highest BCUT2D eigenvalue weighted by molar-refractivity contribution is 5.82. The fraction of sp³-hybridized carbons (Fsp3) is 0.600. The third kappa shape index (κ3) is 2.90. The zero-order valence-corrected chi connectivity index (χ0v) is 10.4. The van der Waals surface area contributed by atoms with E-state index in [0.717, 1.165) is 0 Å². The highest BCUT2D eigenvalue weighted by Crippen LogP contribution is 2.24. The summed E-state index contributed by atoms with van der Waals surface area (Å²) in [6, 6.07) is 0. The summed E-state index contributed by atoms with van der Waals surface area (Å²) in [4.78, 5) is 35.4. The van der Waals surface area contributed by atoms with Crippen LogP contribution in [-0.2, 0) is 20.9 Å². The summed E-state index contributed by atoms with van der Waals surface area (Å²) >= 11 is 0. The van der Waals surface area contributed by atoms with Gasteiger partial charge in [0, 0.05) is 13.1 Å². The number of hydrogen-bond acceptors (Lipinski definition) is 6. The molecule has 2 N–H and O–H groups in total. The smallest absolute Gasteiger partial charge is 0.309 e. The van der Waals surface area contributed by atoms with Crippen molar-refractivity contribution in [3.05, 3.63) is 6.33 Å². The molecule has 2 rings (SSSR count). The number of nitrogens with zero attached hydrogens (tertiary/aromatic N) is 5. The minimum atomic E-state index is -1.21. The van der Waals surface area contributed by atoms with Crippen molar-refractivity contribution in [1.82, 2.24) is 25.1 Å². The first-order valence-electron chi connectivity index (χ1n) is 5.93. The van der Waals surface area contributed by atoms with Crippen molar-refractivity contribution in [2.24, 2.45) is 11.8 Å². The lowest BCUT2D eigenvalue weighted by Crippen LogP contribution is -2.49. The lowest BCUT2D eigenvalue weighted by molar-refractivity contribution is -0.159. The van der Waals surface area contributed by atoms with E-state index < -0.39 is 23.8 Å². The third-order valence-electron chi connectivity index (χ3n) is 3.29. The second kappa shape index (κ2) is 5.63. The fourth-order valence-electron chi connectivity index (χ4n) is 2.22. The Morgan fingerprint density at radius 2 is 1.90 bits per heavy atom. The molecule has 0 bridgehead atoms. The van der Waals surface area contributed by atoms with Crippen molar-refractivity contribution in [3.8, 4) is 0 Å². The van der Waals surface area contributed by atoms with Gasteiger partial charge in [0.05, 0.1) is 11.8 Å². The fourth-order valence-corrected chi connectivity index (χ4v) is 2.22. The van der Waals surface area contributed by atoms with Gasteiger partial charge in [-0.1, -0.05) is 0 Å². The van der Waals surface area contributed by atoms with E-state index in [1.54, 1.807) is 0 Å². The van der Waals surface area contributed by atoms with E-state index >= 15 is 0 Å². The minimum Gasteiger partial charge on any atom is -0.481 e. The summed E-state index contributed by atoms with van der Waals surface area (Å²) in [5.41, 5.74) is 0. The van der Waals surface area contributed by atoms with E-state index in [0.29, 0.717) is 0 Å². The summed E-state index contributed by atoms with van der Waals surface area (Å²) < 4.78 is 1.22. The number of carbonyl (C=O) groups is 3. The summed E-state index contributed by atoms with van der Waals surface area (Å²) in [7, 11) is 0. The van der Waals surface area contributed by atoms with Crippen LogP contribution in [0.15, 0.2) is 6.33 Å². The van der Waals surface area contributed by atoms with Crippen LogP contribution in [0, 0.1) is 11.8 Å². The quantitative estimate of drug-likeness (QED) is 0.667. The van der Waals surface area contributed by atoms with Crippen LogP contribution in [0.25, 0.3) is 0 Å². The molecule has 1 aromatic rings. The maximum Gasteiger partial charge on any atom is 0.309 e. The van der Waals surface area contributed by atoms with Crippen LogP contribution in [0.5, 0.6) is 0 Å². The molecule has 1 aliphatic rings. The van der Waals surface area contributed by atoms with Crippen molar-refractivity contribution in [3.63, 3.8) is 0 Å². The number of piperidine rings is 1. The molecule has 2 unspecified atom stereocenters. The zero-order chi connectivity index (χ0) is 14.7. The Morgan fingerprint density at radius 1 is 1.20 bits per heavy atom. The van der Waals surface area contributed by atoms with Crippen LogP contribution in [0.1, 0.15) is 6.42 Å². The molecule has 10 heteroatoms. The Kier molecular flexibility index (Phi) is 3.91. The first-order valence-corrected chi connectivity index (χ1v) is 5.93. The second-order valence-electron chi connectivity index (χ2n) is 4.53. The van der Waals surface area contributed by atoms with Gasteiger partial charge in [-0.15, -0.1) is 5.10 Å². The number of carbonyl (C=O) groups excluding carboxylic acids is 1. The van der Waals surface area contributed by atoms with Gasteiger partial charge in [-0.3, -0.25) is 14.4 Å². The molecular formula is C10H13N5O5. The molecule has 0 aromatic carbocycles. The van der Waals surface area contributed by atoms with E-state index in [1.165, 1.54) is 15.9 Å². The predicted molar refractivity (Wildman–Crippen MR) is 61.3 cm³/mol. The first kappa shape index (κ1) is 13.9. The molecule has 2 atom stereocenters. The Morgan fingerprint density at radius 3 is 2.45 bits per heavy atom. The monoisotopic (exact) mass is 283 g/mol. The number of likely N-dealkylation sites (tertiary alicyclic amines) is 1. The van der Waals surface area contributed by atoms with Crippen molar-refractivity contribution in [2.45, 2.75) is 13.0 Å². The van der Waals surface area contributed by atoms with Crippen LogP contribution < -0.4 is 0 Å². The van der Waals surface area contributed by atoms with Crippen molar-refractivity contribution in [2.75, 3.05) is 13.1 Å². The summed E-state index contributed by atoms with van der Waals surface area (Å²) in [5.74, 6) is -4.77. The molecule has 20 heavy (non-hydrogen) atoms. The third-order valence-corrected chi connectivity index (χ3v) is 3.29. The molecule has 2 heterocycles. The maximum atomic E-state index is 12.0. The van der Waals surface area contributed by atoms with Gasteiger partial charge in [0.1, 0.15) is 12.9 Å². The van der Waals surface area contributed by atoms with Gasteiger partial charge < -0.3 is 15.1 Å². The molecule has 0 radical (unpaired) electrons. The van der Waals surface area contributed by atoms with Crippen LogP contribution in [0.4, 0.5) is 0 Å². The number of carboxylic acid groups (broad SMARTS) is 2. The number of amides is 1. The Labute approximate surface area is 113 Å². The van der Waals surface area contributed by atoms with E-state index in [9.17, 15) is 14.4 Å². The van der Waals surface area contributed by atoms with Gasteiger partial charge in [0.15, 0.2) is 0 Å². The molecule has 1 aromatic heterocycles. The number of tetrazole rings is 1. The summed E-state index contributed by atoms with van der Waals surface area (Å²) in [6.45, 7) is -0.00789. The van der Waals surface area contributed by atoms with Gasteiger partial charge in [0.2, 0.25) is 5.91 Å². The molecule has 1 aliphatic heterocycles. The van der Waals surface area contributed by atoms with E-state index in [1.807, 2.05) is 0 Å². The van der Waals surface area contributed by atoms with Crippen molar-refractivity contribution >= 4 is 17.8 Å². The minimum absolute atomic E-state index is 0.100. The van der Waals surface area contributed by atoms with Crippen molar-refractivity contribution < 1.29 is 24.6 Å². The summed E-state index contributed by atoms with van der Waals surface area (Å²) in [6.07, 6.45) is 1.39. The molecule has 0 aliphatic carbocycles. The lowest BCUT2D eigenvalue weighted by atomic mass is 9.85. The van der Waals surface area contributed by atoms with Crippen LogP contribution in [0.2, 0.25) is 0 Å².